The third-order valence-corrected chi connectivity index (χ3v) is 11.8. The number of fused-ring (bicyclic) bond motifs is 3. The van der Waals surface area contributed by atoms with Gasteiger partial charge in [0.15, 0.2) is 0 Å². The second-order valence-electron chi connectivity index (χ2n) is 19.0. The quantitative estimate of drug-likeness (QED) is 0.0207. The van der Waals surface area contributed by atoms with Crippen LogP contribution in [-0.4, -0.2) is 85.3 Å². The normalized spacial score (nSPS) is 12.9. The SMILES string of the molecule is CC(CCC(=O)NC(CCC(=O)OCc1ccccc1)C(=O)OCc1ccccc1)NC(=O)C(CCCCNC(=O)OC(C)(C)C)NC(=O)CCCCCNC(=O)OCC1c2ccccc2-c2ccccc21. The van der Waals surface area contributed by atoms with Crippen LogP contribution in [0, 0.1) is 0 Å². The van der Waals surface area contributed by atoms with E-state index in [4.69, 9.17) is 18.9 Å². The van der Waals surface area contributed by atoms with E-state index in [2.05, 4.69) is 50.8 Å². The van der Waals surface area contributed by atoms with Crippen LogP contribution in [0.1, 0.15) is 126 Å². The van der Waals surface area contributed by atoms with Gasteiger partial charge in [-0.2, -0.15) is 0 Å². The van der Waals surface area contributed by atoms with Crippen molar-refractivity contribution < 1.29 is 52.5 Å². The van der Waals surface area contributed by atoms with Crippen LogP contribution >= 0.6 is 0 Å². The molecule has 72 heavy (non-hydrogen) atoms. The number of hydrogen-bond acceptors (Lipinski definition) is 11. The molecule has 0 fully saturated rings. The molecule has 0 saturated heterocycles. The fourth-order valence-electron chi connectivity index (χ4n) is 8.12. The number of nitrogens with one attached hydrogen (secondary N) is 5. The topological polar surface area (TPSA) is 217 Å². The first kappa shape index (κ1) is 55.7. The highest BCUT2D eigenvalue weighted by Gasteiger charge is 2.30. The molecule has 1 aliphatic carbocycles. The Labute approximate surface area is 423 Å². The van der Waals surface area contributed by atoms with Crippen molar-refractivity contribution in [3.63, 3.8) is 0 Å². The Bertz CT molecular complexity index is 2350. The summed E-state index contributed by atoms with van der Waals surface area (Å²) in [5, 5.41) is 14.0. The molecular weight excluding hydrogens is 919 g/mol. The average Bonchev–Trinajstić information content (AvgIpc) is 3.68. The Morgan fingerprint density at radius 2 is 1.07 bits per heavy atom. The molecule has 1 aliphatic rings. The minimum absolute atomic E-state index is 0.0191. The lowest BCUT2D eigenvalue weighted by molar-refractivity contribution is -0.150. The summed E-state index contributed by atoms with van der Waals surface area (Å²) in [5.74, 6) is -2.50. The standard InChI is InChI=1S/C56H71N5O11/c1-39(30-32-50(63)61-48(53(66)70-37-41-22-10-6-11-23-41)31-33-51(64)69-36-40-20-8-5-9-21-40)59-52(65)47(28-17-19-35-58-55(68)72-56(2,3)4)60-49(62)29-12-7-18-34-57-54(67)71-38-46-44-26-15-13-24-42(44)43-25-14-16-27-45(43)46/h5-6,8-11,13-16,20-27,39,46-48H,7,12,17-19,28-38H2,1-4H3,(H,57,67)(H,58,68)(H,59,65)(H,60,62)(H,61,63). The number of esters is 2. The highest BCUT2D eigenvalue weighted by Crippen LogP contribution is 2.44. The van der Waals surface area contributed by atoms with E-state index < -0.39 is 59.7 Å². The summed E-state index contributed by atoms with van der Waals surface area (Å²) >= 11 is 0. The minimum atomic E-state index is -1.13. The van der Waals surface area contributed by atoms with Gasteiger partial charge in [0, 0.05) is 44.3 Å². The number of benzene rings is 4. The zero-order chi connectivity index (χ0) is 51.7. The number of amides is 5. The van der Waals surface area contributed by atoms with Gasteiger partial charge in [-0.1, -0.05) is 116 Å². The average molecular weight is 990 g/mol. The van der Waals surface area contributed by atoms with Crippen molar-refractivity contribution in [2.75, 3.05) is 19.7 Å². The molecule has 0 radical (unpaired) electrons. The van der Waals surface area contributed by atoms with E-state index in [1.54, 1.807) is 39.8 Å². The molecule has 0 aromatic heterocycles. The van der Waals surface area contributed by atoms with Gasteiger partial charge in [-0.3, -0.25) is 19.2 Å². The first-order valence-electron chi connectivity index (χ1n) is 25.0. The van der Waals surface area contributed by atoms with Gasteiger partial charge in [0.2, 0.25) is 17.7 Å². The van der Waals surface area contributed by atoms with Gasteiger partial charge < -0.3 is 45.5 Å². The maximum Gasteiger partial charge on any atom is 0.407 e. The third-order valence-electron chi connectivity index (χ3n) is 11.8. The maximum absolute atomic E-state index is 13.7. The molecule has 4 aromatic carbocycles. The molecule has 3 atom stereocenters. The molecule has 5 amide bonds. The predicted octanol–water partition coefficient (Wildman–Crippen LogP) is 8.30. The molecule has 0 heterocycles. The molecule has 16 heteroatoms. The van der Waals surface area contributed by atoms with Crippen LogP contribution in [-0.2, 0) is 56.1 Å². The highest BCUT2D eigenvalue weighted by molar-refractivity contribution is 5.88. The molecule has 3 unspecified atom stereocenters. The molecule has 386 valence electrons. The molecule has 5 rings (SSSR count). The second kappa shape index (κ2) is 29.2. The zero-order valence-electron chi connectivity index (χ0n) is 42.0. The minimum Gasteiger partial charge on any atom is -0.461 e. The van der Waals surface area contributed by atoms with Gasteiger partial charge in [0.25, 0.3) is 0 Å². The number of carbonyl (C=O) groups is 7. The number of hydrogen-bond donors (Lipinski definition) is 5. The lowest BCUT2D eigenvalue weighted by Gasteiger charge is -2.22. The number of ether oxygens (including phenoxy) is 4. The zero-order valence-corrected chi connectivity index (χ0v) is 42.0. The van der Waals surface area contributed by atoms with Gasteiger partial charge in [-0.25, -0.2) is 14.4 Å². The first-order chi connectivity index (χ1) is 34.6. The molecule has 0 bridgehead atoms. The van der Waals surface area contributed by atoms with Crippen LogP contribution in [0.25, 0.3) is 11.1 Å². The van der Waals surface area contributed by atoms with E-state index in [9.17, 15) is 33.6 Å². The smallest absolute Gasteiger partial charge is 0.407 e. The summed E-state index contributed by atoms with van der Waals surface area (Å²) in [6.45, 7) is 8.00. The van der Waals surface area contributed by atoms with Crippen molar-refractivity contribution in [2.24, 2.45) is 0 Å². The van der Waals surface area contributed by atoms with Crippen molar-refractivity contribution in [2.45, 2.75) is 141 Å². The lowest BCUT2D eigenvalue weighted by Crippen LogP contribution is -2.49. The van der Waals surface area contributed by atoms with Crippen LogP contribution < -0.4 is 26.6 Å². The fraction of sp³-hybridized carbons (Fsp3) is 0.446. The van der Waals surface area contributed by atoms with Crippen LogP contribution in [0.15, 0.2) is 109 Å². The second-order valence-corrected chi connectivity index (χ2v) is 19.0. The van der Waals surface area contributed by atoms with Gasteiger partial charge in [0.05, 0.1) is 0 Å². The Hall–Kier alpha value is -7.23. The monoisotopic (exact) mass is 990 g/mol. The van der Waals surface area contributed by atoms with Crippen LogP contribution in [0.2, 0.25) is 0 Å². The number of alkyl carbamates (subject to hydrolysis) is 2. The Kier molecular flexibility index (Phi) is 22.6. The summed E-state index contributed by atoms with van der Waals surface area (Å²) in [4.78, 5) is 90.8. The van der Waals surface area contributed by atoms with E-state index in [0.717, 1.165) is 33.4 Å². The first-order valence-corrected chi connectivity index (χ1v) is 25.0. The molecular formula is C56H71N5O11. The van der Waals surface area contributed by atoms with E-state index in [-0.39, 0.29) is 70.2 Å². The molecule has 0 aliphatic heterocycles. The van der Waals surface area contributed by atoms with Crippen molar-refractivity contribution in [1.29, 1.82) is 0 Å². The summed E-state index contributed by atoms with van der Waals surface area (Å²) in [6.07, 6.45) is 2.13. The van der Waals surface area contributed by atoms with Gasteiger partial charge >= 0.3 is 24.1 Å². The summed E-state index contributed by atoms with van der Waals surface area (Å²) in [7, 11) is 0. The van der Waals surface area contributed by atoms with E-state index in [1.165, 1.54) is 0 Å². The third kappa shape index (κ3) is 19.9. The van der Waals surface area contributed by atoms with E-state index in [1.807, 2.05) is 72.8 Å². The van der Waals surface area contributed by atoms with Crippen LogP contribution in [0.3, 0.4) is 0 Å². The van der Waals surface area contributed by atoms with Gasteiger partial charge in [-0.15, -0.1) is 0 Å². The molecule has 0 saturated carbocycles. The predicted molar refractivity (Wildman–Crippen MR) is 272 cm³/mol. The highest BCUT2D eigenvalue weighted by atomic mass is 16.6. The summed E-state index contributed by atoms with van der Waals surface area (Å²) in [5.41, 5.74) is 5.49. The maximum atomic E-state index is 13.7. The fourth-order valence-corrected chi connectivity index (χ4v) is 8.12. The number of unbranched alkanes of at least 4 members (excludes halogenated alkanes) is 3. The Morgan fingerprint density at radius 1 is 0.528 bits per heavy atom. The largest absolute Gasteiger partial charge is 0.461 e. The molecule has 5 N–H and O–H groups in total. The molecule has 4 aromatic rings. The van der Waals surface area contributed by atoms with E-state index >= 15 is 0 Å². The lowest BCUT2D eigenvalue weighted by atomic mass is 9.98. The van der Waals surface area contributed by atoms with Crippen molar-refractivity contribution in [1.82, 2.24) is 26.6 Å². The van der Waals surface area contributed by atoms with E-state index in [0.29, 0.717) is 45.2 Å². The van der Waals surface area contributed by atoms with Crippen LogP contribution in [0.4, 0.5) is 9.59 Å². The summed E-state index contributed by atoms with van der Waals surface area (Å²) in [6, 6.07) is 32.0. The van der Waals surface area contributed by atoms with Crippen molar-refractivity contribution in [3.8, 4) is 11.1 Å². The van der Waals surface area contributed by atoms with Crippen molar-refractivity contribution in [3.05, 3.63) is 131 Å². The number of rotatable bonds is 28. The van der Waals surface area contributed by atoms with Gasteiger partial charge in [-0.05, 0) is 106 Å². The van der Waals surface area contributed by atoms with Crippen LogP contribution in [0.5, 0.6) is 0 Å². The number of carbonyl (C=O) groups excluding carboxylic acids is 7. The van der Waals surface area contributed by atoms with Gasteiger partial charge in [0.1, 0.15) is 37.5 Å². The molecule has 16 nitrogen and oxygen atoms in total. The summed E-state index contributed by atoms with van der Waals surface area (Å²) < 4.78 is 21.8. The van der Waals surface area contributed by atoms with Crippen molar-refractivity contribution >= 4 is 41.8 Å². The molecule has 0 spiro atoms. The Morgan fingerprint density at radius 3 is 1.69 bits per heavy atom. The Balaban J connectivity index is 1.05.